The average molecular weight is 332 g/mol. The lowest BCUT2D eigenvalue weighted by Crippen LogP contribution is -2.20. The van der Waals surface area contributed by atoms with E-state index in [1.54, 1.807) is 22.3 Å². The molecule has 2 aliphatic rings. The Kier molecular flexibility index (Phi) is 4.54. The van der Waals surface area contributed by atoms with E-state index >= 15 is 0 Å². The summed E-state index contributed by atoms with van der Waals surface area (Å²) < 4.78 is 0. The highest BCUT2D eigenvalue weighted by Crippen LogP contribution is 2.57. The molecular weight excluding hydrogens is 302 g/mol. The molecule has 0 aliphatic heterocycles. The molecule has 2 aliphatic carbocycles. The number of rotatable bonds is 2. The van der Waals surface area contributed by atoms with Gasteiger partial charge in [0.25, 0.3) is 0 Å². The summed E-state index contributed by atoms with van der Waals surface area (Å²) in [6.07, 6.45) is 0. The Hall–Kier alpha value is -0.440. The van der Waals surface area contributed by atoms with E-state index in [-0.39, 0.29) is 10.3 Å². The maximum atomic E-state index is 2.43. The average Bonchev–Trinajstić information content (AvgIpc) is 2.74. The molecule has 2 heteroatoms. The van der Waals surface area contributed by atoms with Crippen LogP contribution in [-0.4, -0.2) is 10.3 Å². The Morgan fingerprint density at radius 2 is 0.636 bits per heavy atom. The van der Waals surface area contributed by atoms with E-state index in [2.05, 4.69) is 69.2 Å². The van der Waals surface area contributed by atoms with Crippen LogP contribution in [0.15, 0.2) is 44.6 Å². The molecule has 0 unspecified atom stereocenters. The highest BCUT2D eigenvalue weighted by Gasteiger charge is 2.39. The third kappa shape index (κ3) is 2.26. The van der Waals surface area contributed by atoms with E-state index in [9.17, 15) is 0 Å². The number of hydrogen-bond acceptors (Lipinski definition) is 0. The predicted molar refractivity (Wildman–Crippen MR) is 104 cm³/mol. The van der Waals surface area contributed by atoms with Gasteiger partial charge in [-0.15, -0.1) is 0 Å². The topological polar surface area (TPSA) is 0 Å². The van der Waals surface area contributed by atoms with Crippen molar-refractivity contribution in [2.75, 3.05) is 0 Å². The second kappa shape index (κ2) is 5.58. The smallest absolute Gasteiger partial charge is 0.0557 e. The van der Waals surface area contributed by atoms with Crippen molar-refractivity contribution in [2.45, 2.75) is 79.5 Å². The fourth-order valence-corrected chi connectivity index (χ4v) is 8.32. The maximum absolute atomic E-state index is 2.43. The standard InChI is InChI=1S/C20H30P2/c1-11-12(2)16(6)19(9,15(11)5)21-22-20(10)17(7)13(3)14(4)18(20)8/h1-10H3. The molecule has 0 saturated carbocycles. The first kappa shape index (κ1) is 17.9. The summed E-state index contributed by atoms with van der Waals surface area (Å²) in [6.45, 7) is 23.3. The summed E-state index contributed by atoms with van der Waals surface area (Å²) in [7, 11) is 3.02. The van der Waals surface area contributed by atoms with Gasteiger partial charge in [-0.2, -0.15) is 0 Å². The van der Waals surface area contributed by atoms with E-state index in [1.165, 1.54) is 38.0 Å². The number of hydrogen-bond donors (Lipinski definition) is 0. The first-order valence-electron chi connectivity index (χ1n) is 8.15. The van der Waals surface area contributed by atoms with Crippen molar-refractivity contribution in [1.82, 2.24) is 0 Å². The first-order valence-corrected chi connectivity index (χ1v) is 10.6. The summed E-state index contributed by atoms with van der Waals surface area (Å²) in [4.78, 5) is 0. The molecule has 0 aromatic carbocycles. The van der Waals surface area contributed by atoms with Crippen molar-refractivity contribution in [3.8, 4) is 0 Å². The van der Waals surface area contributed by atoms with Crippen molar-refractivity contribution >= 4 is 15.7 Å². The molecule has 0 aromatic rings. The van der Waals surface area contributed by atoms with Gasteiger partial charge in [0.1, 0.15) is 0 Å². The highest BCUT2D eigenvalue weighted by molar-refractivity contribution is 7.85. The highest BCUT2D eigenvalue weighted by atomic mass is 31.7. The Labute approximate surface area is 140 Å². The molecule has 0 aromatic heterocycles. The summed E-state index contributed by atoms with van der Waals surface area (Å²) in [5.74, 6) is 0. The van der Waals surface area contributed by atoms with Gasteiger partial charge >= 0.3 is 0 Å². The Morgan fingerprint density at radius 3 is 0.818 bits per heavy atom. The van der Waals surface area contributed by atoms with Gasteiger partial charge in [0.15, 0.2) is 0 Å². The van der Waals surface area contributed by atoms with Crippen molar-refractivity contribution in [3.05, 3.63) is 44.6 Å². The van der Waals surface area contributed by atoms with Gasteiger partial charge < -0.3 is 0 Å². The Morgan fingerprint density at radius 1 is 0.455 bits per heavy atom. The van der Waals surface area contributed by atoms with E-state index in [0.717, 1.165) is 0 Å². The molecule has 0 fully saturated rings. The minimum atomic E-state index is 0.212. The molecule has 0 radical (unpaired) electrons. The van der Waals surface area contributed by atoms with Gasteiger partial charge in [0.2, 0.25) is 0 Å². The lowest BCUT2D eigenvalue weighted by atomic mass is 9.98. The summed E-state index contributed by atoms with van der Waals surface area (Å²) in [5, 5.41) is 0.424. The zero-order chi connectivity index (χ0) is 17.0. The van der Waals surface area contributed by atoms with Crippen LogP contribution in [0.4, 0.5) is 0 Å². The van der Waals surface area contributed by atoms with Gasteiger partial charge in [-0.1, -0.05) is 38.0 Å². The van der Waals surface area contributed by atoms with Crippen LogP contribution < -0.4 is 0 Å². The van der Waals surface area contributed by atoms with Gasteiger partial charge in [-0.25, -0.2) is 0 Å². The third-order valence-electron chi connectivity index (χ3n) is 6.75. The van der Waals surface area contributed by atoms with Crippen LogP contribution in [0.3, 0.4) is 0 Å². The van der Waals surface area contributed by atoms with E-state index < -0.39 is 0 Å². The van der Waals surface area contributed by atoms with Crippen molar-refractivity contribution in [1.29, 1.82) is 0 Å². The largest absolute Gasteiger partial charge is 0.0594 e. The number of allylic oxidation sites excluding steroid dienone is 8. The van der Waals surface area contributed by atoms with Crippen molar-refractivity contribution < 1.29 is 0 Å². The van der Waals surface area contributed by atoms with Crippen LogP contribution in [-0.2, 0) is 0 Å². The molecule has 0 N–H and O–H groups in total. The molecule has 0 atom stereocenters. The van der Waals surface area contributed by atoms with E-state index in [1.807, 2.05) is 0 Å². The second-order valence-electron chi connectivity index (χ2n) is 7.34. The molecule has 0 bridgehead atoms. The molecule has 0 heterocycles. The molecule has 0 nitrogen and oxygen atoms in total. The van der Waals surface area contributed by atoms with Gasteiger partial charge in [0, 0.05) is 0 Å². The normalized spacial score (nSPS) is 24.6. The fourth-order valence-electron chi connectivity index (χ4n) is 3.65. The van der Waals surface area contributed by atoms with Crippen LogP contribution in [0.2, 0.25) is 0 Å². The maximum Gasteiger partial charge on any atom is 0.0557 e. The van der Waals surface area contributed by atoms with E-state index in [0.29, 0.717) is 0 Å². The van der Waals surface area contributed by atoms with E-state index in [4.69, 9.17) is 0 Å². The monoisotopic (exact) mass is 332 g/mol. The molecule has 0 saturated heterocycles. The molecule has 120 valence electrons. The summed E-state index contributed by atoms with van der Waals surface area (Å²) >= 11 is 0. The lowest BCUT2D eigenvalue weighted by molar-refractivity contribution is 0.866. The minimum Gasteiger partial charge on any atom is -0.0594 e. The Balaban J connectivity index is 2.51. The first-order chi connectivity index (χ1) is 9.98. The van der Waals surface area contributed by atoms with Gasteiger partial charge in [-0.3, -0.25) is 0 Å². The molecule has 0 amide bonds. The quantitative estimate of drug-likeness (QED) is 0.455. The van der Waals surface area contributed by atoms with Crippen molar-refractivity contribution in [3.63, 3.8) is 0 Å². The Bertz CT molecular complexity index is 585. The molecule has 0 spiro atoms. The SMILES string of the molecule is CC1=C(C)C(C)(P=PC2(C)C(C)=C(C)C(C)=C2C)C(C)=C1C. The zero-order valence-corrected chi connectivity index (χ0v) is 17.7. The van der Waals surface area contributed by atoms with Gasteiger partial charge in [-0.05, 0) is 91.5 Å². The second-order valence-corrected chi connectivity index (χ2v) is 10.7. The van der Waals surface area contributed by atoms with Crippen LogP contribution in [0.1, 0.15) is 69.2 Å². The molecular formula is C20H30P2. The lowest BCUT2D eigenvalue weighted by Gasteiger charge is -2.29. The summed E-state index contributed by atoms with van der Waals surface area (Å²) in [6, 6.07) is 0. The van der Waals surface area contributed by atoms with Crippen LogP contribution in [0.25, 0.3) is 0 Å². The molecule has 22 heavy (non-hydrogen) atoms. The van der Waals surface area contributed by atoms with Crippen LogP contribution in [0.5, 0.6) is 0 Å². The van der Waals surface area contributed by atoms with Crippen molar-refractivity contribution in [2.24, 2.45) is 0 Å². The van der Waals surface area contributed by atoms with Crippen LogP contribution in [0, 0.1) is 0 Å². The predicted octanol–water partition coefficient (Wildman–Crippen LogP) is 7.68. The van der Waals surface area contributed by atoms with Gasteiger partial charge in [0.05, 0.1) is 10.3 Å². The van der Waals surface area contributed by atoms with Crippen LogP contribution >= 0.6 is 15.7 Å². The third-order valence-corrected chi connectivity index (χ3v) is 11.7. The minimum absolute atomic E-state index is 0.212. The fraction of sp³-hybridized carbons (Fsp3) is 0.600. The zero-order valence-electron chi connectivity index (χ0n) is 15.9. The molecule has 2 rings (SSSR count). The summed E-state index contributed by atoms with van der Waals surface area (Å²) in [5.41, 5.74) is 12.3.